The van der Waals surface area contributed by atoms with Gasteiger partial charge < -0.3 is 0 Å². The Balaban J connectivity index is 1.04. The van der Waals surface area contributed by atoms with E-state index in [0.29, 0.717) is 11.8 Å². The van der Waals surface area contributed by atoms with Crippen molar-refractivity contribution in [1.29, 1.82) is 0 Å². The minimum absolute atomic E-state index is 0.266. The SMILES string of the molecule is CC1C=CC(C2C=C(C3=CC(C)CC=C3)C=C(c3c4ccccc4c(-c4cc(-c5ccccc5)cc(-c5ccccc5)c4)c4cc(-c5ccc(-c6nc7ccccc7n6-c6ccccc6)cc5)ccc34)C2)=CC1. The zero-order valence-electron chi connectivity index (χ0n) is 41.4. The van der Waals surface area contributed by atoms with Crippen LogP contribution in [0.15, 0.2) is 266 Å². The van der Waals surface area contributed by atoms with Gasteiger partial charge in [-0.25, -0.2) is 4.98 Å². The Labute approximate surface area is 429 Å². The van der Waals surface area contributed by atoms with Crippen LogP contribution < -0.4 is 0 Å². The molecule has 1 heterocycles. The van der Waals surface area contributed by atoms with Crippen LogP contribution in [-0.4, -0.2) is 9.55 Å². The van der Waals surface area contributed by atoms with Crippen molar-refractivity contribution in [2.45, 2.75) is 33.1 Å². The van der Waals surface area contributed by atoms with Crippen molar-refractivity contribution < 1.29 is 0 Å². The second kappa shape index (κ2) is 18.9. The van der Waals surface area contributed by atoms with Crippen LogP contribution in [-0.2, 0) is 0 Å². The number of fused-ring (bicyclic) bond motifs is 3. The Morgan fingerprint density at radius 2 is 1.05 bits per heavy atom. The van der Waals surface area contributed by atoms with E-state index in [-0.39, 0.29) is 5.92 Å². The van der Waals surface area contributed by atoms with E-state index >= 15 is 0 Å². The normalized spacial score (nSPS) is 17.6. The molecule has 0 bridgehead atoms. The van der Waals surface area contributed by atoms with Crippen LogP contribution in [0.5, 0.6) is 0 Å². The van der Waals surface area contributed by atoms with Gasteiger partial charge in [0.1, 0.15) is 5.82 Å². The summed E-state index contributed by atoms with van der Waals surface area (Å²) in [7, 11) is 0. The first kappa shape index (κ1) is 44.4. The monoisotopic (exact) mass is 936 g/mol. The van der Waals surface area contributed by atoms with Gasteiger partial charge in [-0.2, -0.15) is 0 Å². The minimum atomic E-state index is 0.266. The highest BCUT2D eigenvalue weighted by Crippen LogP contribution is 2.49. The van der Waals surface area contributed by atoms with Gasteiger partial charge in [0.15, 0.2) is 0 Å². The number of aromatic nitrogens is 2. The summed E-state index contributed by atoms with van der Waals surface area (Å²) in [6.07, 6.45) is 22.7. The zero-order valence-corrected chi connectivity index (χ0v) is 41.4. The van der Waals surface area contributed by atoms with Crippen molar-refractivity contribution in [3.8, 4) is 61.6 Å². The van der Waals surface area contributed by atoms with Crippen LogP contribution in [0.2, 0.25) is 0 Å². The molecule has 0 spiro atoms. The molecule has 2 heteroatoms. The molecule has 3 unspecified atom stereocenters. The Morgan fingerprint density at radius 1 is 0.452 bits per heavy atom. The highest BCUT2D eigenvalue weighted by atomic mass is 15.1. The molecular formula is C71H56N2. The predicted octanol–water partition coefficient (Wildman–Crippen LogP) is 19.0. The lowest BCUT2D eigenvalue weighted by Crippen LogP contribution is -2.11. The molecule has 350 valence electrons. The lowest BCUT2D eigenvalue weighted by molar-refractivity contribution is 0.700. The van der Waals surface area contributed by atoms with Gasteiger partial charge in [0, 0.05) is 17.2 Å². The number of para-hydroxylation sites is 3. The van der Waals surface area contributed by atoms with E-state index in [1.54, 1.807) is 0 Å². The molecule has 3 aliphatic carbocycles. The fourth-order valence-corrected chi connectivity index (χ4v) is 11.7. The zero-order chi connectivity index (χ0) is 48.8. The molecule has 2 nitrogen and oxygen atoms in total. The summed E-state index contributed by atoms with van der Waals surface area (Å²) in [4.78, 5) is 5.21. The maximum absolute atomic E-state index is 5.21. The average Bonchev–Trinajstić information content (AvgIpc) is 3.85. The fourth-order valence-electron chi connectivity index (χ4n) is 11.7. The first-order valence-corrected chi connectivity index (χ1v) is 26.1. The average molecular weight is 937 g/mol. The molecule has 0 fully saturated rings. The number of nitrogens with zero attached hydrogens (tertiary/aromatic N) is 2. The van der Waals surface area contributed by atoms with E-state index < -0.39 is 0 Å². The van der Waals surface area contributed by atoms with Gasteiger partial charge in [-0.3, -0.25) is 4.57 Å². The molecule has 1 aromatic heterocycles. The lowest BCUT2D eigenvalue weighted by atomic mass is 9.76. The number of allylic oxidation sites excluding steroid dienone is 12. The number of hydrogen-bond donors (Lipinski definition) is 0. The third kappa shape index (κ3) is 8.43. The van der Waals surface area contributed by atoms with E-state index in [0.717, 1.165) is 52.9 Å². The van der Waals surface area contributed by atoms with Gasteiger partial charge in [-0.15, -0.1) is 0 Å². The van der Waals surface area contributed by atoms with Crippen LogP contribution >= 0.6 is 0 Å². The van der Waals surface area contributed by atoms with Gasteiger partial charge in [0.2, 0.25) is 0 Å². The van der Waals surface area contributed by atoms with Crippen LogP contribution in [0, 0.1) is 17.8 Å². The van der Waals surface area contributed by atoms with E-state index in [1.165, 1.54) is 88.3 Å². The summed E-state index contributed by atoms with van der Waals surface area (Å²) < 4.78 is 2.28. The van der Waals surface area contributed by atoms with Crippen molar-refractivity contribution >= 4 is 38.2 Å². The molecule has 0 aliphatic heterocycles. The molecule has 0 radical (unpaired) electrons. The fraction of sp³-hybridized carbons (Fsp3) is 0.113. The number of imidazole rings is 1. The summed E-state index contributed by atoms with van der Waals surface area (Å²) in [5.74, 6) is 2.25. The van der Waals surface area contributed by atoms with E-state index in [2.05, 4.69) is 267 Å². The number of hydrogen-bond acceptors (Lipinski definition) is 1. The van der Waals surface area contributed by atoms with E-state index in [1.807, 2.05) is 0 Å². The summed E-state index contributed by atoms with van der Waals surface area (Å²) in [5, 5.41) is 5.05. The molecule has 73 heavy (non-hydrogen) atoms. The van der Waals surface area contributed by atoms with Gasteiger partial charge >= 0.3 is 0 Å². The highest BCUT2D eigenvalue weighted by molar-refractivity contribution is 6.20. The Morgan fingerprint density at radius 3 is 1.75 bits per heavy atom. The smallest absolute Gasteiger partial charge is 0.145 e. The summed E-state index contributed by atoms with van der Waals surface area (Å²) in [6, 6.07) is 73.4. The van der Waals surface area contributed by atoms with Crippen molar-refractivity contribution in [1.82, 2.24) is 9.55 Å². The Bertz CT molecular complexity index is 3880. The van der Waals surface area contributed by atoms with Crippen molar-refractivity contribution in [2.24, 2.45) is 17.8 Å². The van der Waals surface area contributed by atoms with Crippen LogP contribution in [0.25, 0.3) is 99.7 Å². The van der Waals surface area contributed by atoms with Crippen LogP contribution in [0.3, 0.4) is 0 Å². The van der Waals surface area contributed by atoms with Gasteiger partial charge in [0.05, 0.1) is 11.0 Å². The lowest BCUT2D eigenvalue weighted by Gasteiger charge is -2.28. The third-order valence-electron chi connectivity index (χ3n) is 15.4. The standard InChI is InChI=1S/C71H56N2/c1-47-29-31-52(32-30-47)58-41-59(54-22-16-17-48(2)39-54)45-60(44-58)69-63-25-12-13-26-64(63)70(61-42-56(49-18-6-3-7-19-49)40-57(43-61)50-20-8-4-9-21-50)66-46-55(37-38-65(66)69)51-33-35-53(36-34-51)71-72-67-27-14-15-28-68(67)73(71)62-23-10-5-11-24-62/h3-16,18-29,31-43,45-48,58H,17,30,44H2,1-2H3. The van der Waals surface area contributed by atoms with E-state index in [4.69, 9.17) is 4.98 Å². The molecule has 13 rings (SSSR count). The molecule has 0 N–H and O–H groups in total. The Kier molecular flexibility index (Phi) is 11.5. The molecule has 0 amide bonds. The molecule has 9 aromatic carbocycles. The molecular weight excluding hydrogens is 881 g/mol. The van der Waals surface area contributed by atoms with Crippen LogP contribution in [0.1, 0.15) is 38.7 Å². The molecule has 3 aliphatic rings. The van der Waals surface area contributed by atoms with Crippen molar-refractivity contribution in [2.75, 3.05) is 0 Å². The van der Waals surface area contributed by atoms with Gasteiger partial charge in [-0.05, 0) is 174 Å². The van der Waals surface area contributed by atoms with Crippen molar-refractivity contribution in [3.05, 3.63) is 271 Å². The Hall–Kier alpha value is -8.59. The quantitative estimate of drug-likeness (QED) is 0.132. The molecule has 10 aromatic rings. The third-order valence-corrected chi connectivity index (χ3v) is 15.4. The van der Waals surface area contributed by atoms with Gasteiger partial charge in [-0.1, -0.05) is 214 Å². The summed E-state index contributed by atoms with van der Waals surface area (Å²) in [5.41, 5.74) is 20.6. The van der Waals surface area contributed by atoms with Gasteiger partial charge in [0.25, 0.3) is 0 Å². The topological polar surface area (TPSA) is 17.8 Å². The van der Waals surface area contributed by atoms with Crippen molar-refractivity contribution in [3.63, 3.8) is 0 Å². The number of rotatable bonds is 9. The minimum Gasteiger partial charge on any atom is -0.292 e. The summed E-state index contributed by atoms with van der Waals surface area (Å²) >= 11 is 0. The second-order valence-corrected chi connectivity index (χ2v) is 20.4. The maximum Gasteiger partial charge on any atom is 0.145 e. The molecule has 0 saturated heterocycles. The van der Waals surface area contributed by atoms with Crippen LogP contribution in [0.4, 0.5) is 0 Å². The largest absolute Gasteiger partial charge is 0.292 e. The van der Waals surface area contributed by atoms with E-state index in [9.17, 15) is 0 Å². The number of benzene rings is 9. The second-order valence-electron chi connectivity index (χ2n) is 20.4. The molecule has 3 atom stereocenters. The first-order chi connectivity index (χ1) is 36.0. The highest BCUT2D eigenvalue weighted by Gasteiger charge is 2.27. The summed E-state index contributed by atoms with van der Waals surface area (Å²) in [6.45, 7) is 4.66. The maximum atomic E-state index is 5.21. The first-order valence-electron chi connectivity index (χ1n) is 26.1. The predicted molar refractivity (Wildman–Crippen MR) is 309 cm³/mol. The molecule has 0 saturated carbocycles.